The highest BCUT2D eigenvalue weighted by molar-refractivity contribution is 5.92. The van der Waals surface area contributed by atoms with Gasteiger partial charge < -0.3 is 14.9 Å². The van der Waals surface area contributed by atoms with E-state index in [1.165, 1.54) is 28.8 Å². The molecule has 1 atom stereocenters. The smallest absolute Gasteiger partial charge is 0.355 e. The van der Waals surface area contributed by atoms with Gasteiger partial charge in [-0.05, 0) is 86.1 Å². The number of nitrogens with zero attached hydrogens (tertiary/aromatic N) is 6. The lowest BCUT2D eigenvalue weighted by atomic mass is 9.99. The number of pyridine rings is 2. The molecule has 6 rings (SSSR count). The van der Waals surface area contributed by atoms with Crippen molar-refractivity contribution in [2.24, 2.45) is 0 Å². The monoisotopic (exact) mass is 582 g/mol. The third-order valence-corrected chi connectivity index (χ3v) is 8.42. The van der Waals surface area contributed by atoms with Crippen molar-refractivity contribution in [1.82, 2.24) is 24.4 Å². The fourth-order valence-electron chi connectivity index (χ4n) is 6.07. The number of piperazine rings is 1. The van der Waals surface area contributed by atoms with Crippen molar-refractivity contribution in [3.8, 4) is 22.7 Å². The Morgan fingerprint density at radius 2 is 1.93 bits per heavy atom. The van der Waals surface area contributed by atoms with Crippen LogP contribution in [0.3, 0.4) is 0 Å². The van der Waals surface area contributed by atoms with Crippen LogP contribution >= 0.6 is 0 Å². The Morgan fingerprint density at radius 1 is 1.16 bits per heavy atom. The number of rotatable bonds is 6. The highest BCUT2D eigenvalue weighted by atomic mass is 19.1. The quantitative estimate of drug-likeness (QED) is 0.311. The average molecular weight is 583 g/mol. The van der Waals surface area contributed by atoms with Crippen LogP contribution in [0.4, 0.5) is 10.2 Å². The average Bonchev–Trinajstić information content (AvgIpc) is 3.83. The molecule has 2 fully saturated rings. The Morgan fingerprint density at radius 3 is 2.60 bits per heavy atom. The number of phenolic OH excluding ortho intramolecular Hbond substituents is 1. The maximum absolute atomic E-state index is 14.5. The first-order chi connectivity index (χ1) is 20.6. The molecule has 10 heteroatoms. The SMILES string of the molecule is C=CC(=O)N1CCN(c2nc(=O)n(-c3c(C)ccnc3C(C)C)c3nc(-c4cc(F)ccc4O)c(C4CC4)cc23)C(C)C1. The maximum Gasteiger partial charge on any atom is 0.355 e. The minimum Gasteiger partial charge on any atom is -0.507 e. The van der Waals surface area contributed by atoms with E-state index < -0.39 is 11.5 Å². The van der Waals surface area contributed by atoms with Gasteiger partial charge in [0.15, 0.2) is 5.65 Å². The molecule has 1 aliphatic carbocycles. The van der Waals surface area contributed by atoms with Crippen molar-refractivity contribution in [3.63, 3.8) is 0 Å². The molecular weight excluding hydrogens is 547 g/mol. The van der Waals surface area contributed by atoms with Gasteiger partial charge in [-0.1, -0.05) is 20.4 Å². The van der Waals surface area contributed by atoms with Gasteiger partial charge in [0.05, 0.1) is 22.5 Å². The second kappa shape index (κ2) is 10.9. The van der Waals surface area contributed by atoms with Crippen LogP contribution in [0.2, 0.25) is 0 Å². The molecule has 0 radical (unpaired) electrons. The summed E-state index contributed by atoms with van der Waals surface area (Å²) in [5, 5.41) is 11.5. The summed E-state index contributed by atoms with van der Waals surface area (Å²) in [4.78, 5) is 44.6. The molecule has 4 heterocycles. The summed E-state index contributed by atoms with van der Waals surface area (Å²) in [6, 6.07) is 7.54. The molecular formula is C33H35FN6O3. The Balaban J connectivity index is 1.67. The first-order valence-electron chi connectivity index (χ1n) is 14.7. The van der Waals surface area contributed by atoms with E-state index in [1.54, 1.807) is 11.1 Å². The number of phenols is 1. The number of fused-ring (bicyclic) bond motifs is 1. The zero-order valence-corrected chi connectivity index (χ0v) is 24.8. The van der Waals surface area contributed by atoms with Gasteiger partial charge >= 0.3 is 5.69 Å². The number of carbonyl (C=O) groups excluding carboxylic acids is 1. The first-order valence-corrected chi connectivity index (χ1v) is 14.7. The number of hydrogen-bond donors (Lipinski definition) is 1. The van der Waals surface area contributed by atoms with E-state index in [1.807, 2.05) is 39.8 Å². The van der Waals surface area contributed by atoms with Crippen molar-refractivity contribution in [2.75, 3.05) is 24.5 Å². The van der Waals surface area contributed by atoms with E-state index >= 15 is 0 Å². The van der Waals surface area contributed by atoms with Gasteiger partial charge in [-0.15, -0.1) is 0 Å². The molecule has 1 aliphatic heterocycles. The standard InChI is InChI=1S/C33H35FN6O3/c1-6-27(42)38-13-14-39(20(5)17-38)31-25-16-23(21-7-8-21)29(24-15-22(34)9-10-26(24)41)36-32(25)40(33(43)37-31)30-19(4)11-12-35-28(30)18(2)3/h6,9-12,15-16,18,20-21,41H,1,7-8,13-14,17H2,2-5H3. The van der Waals surface area contributed by atoms with Crippen LogP contribution in [-0.4, -0.2) is 61.1 Å². The number of amides is 1. The third kappa shape index (κ3) is 5.04. The molecule has 1 amide bonds. The zero-order chi connectivity index (χ0) is 30.6. The Kier molecular flexibility index (Phi) is 7.23. The second-order valence-corrected chi connectivity index (χ2v) is 11.8. The number of anilines is 1. The fraction of sp³-hybridized carbons (Fsp3) is 0.364. The van der Waals surface area contributed by atoms with Crippen LogP contribution in [0.15, 0.2) is 54.0 Å². The minimum atomic E-state index is -0.515. The van der Waals surface area contributed by atoms with Crippen molar-refractivity contribution < 1.29 is 14.3 Å². The molecule has 222 valence electrons. The molecule has 43 heavy (non-hydrogen) atoms. The third-order valence-electron chi connectivity index (χ3n) is 8.42. The van der Waals surface area contributed by atoms with Gasteiger partial charge in [0.1, 0.15) is 17.4 Å². The predicted molar refractivity (Wildman–Crippen MR) is 164 cm³/mol. The summed E-state index contributed by atoms with van der Waals surface area (Å²) in [7, 11) is 0. The molecule has 0 spiro atoms. The van der Waals surface area contributed by atoms with Crippen molar-refractivity contribution in [1.29, 1.82) is 0 Å². The van der Waals surface area contributed by atoms with Crippen molar-refractivity contribution in [2.45, 2.75) is 58.4 Å². The lowest BCUT2D eigenvalue weighted by Crippen LogP contribution is -2.54. The van der Waals surface area contributed by atoms with Crippen LogP contribution in [0.25, 0.3) is 28.0 Å². The molecule has 9 nitrogen and oxygen atoms in total. The summed E-state index contributed by atoms with van der Waals surface area (Å²) in [5.74, 6) is -0.0273. The van der Waals surface area contributed by atoms with E-state index in [0.717, 1.165) is 29.7 Å². The Bertz CT molecular complexity index is 1830. The van der Waals surface area contributed by atoms with E-state index in [2.05, 4.69) is 21.4 Å². The summed E-state index contributed by atoms with van der Waals surface area (Å²) >= 11 is 0. The van der Waals surface area contributed by atoms with Crippen LogP contribution in [0.1, 0.15) is 62.3 Å². The van der Waals surface area contributed by atoms with Crippen LogP contribution < -0.4 is 10.6 Å². The van der Waals surface area contributed by atoms with Gasteiger partial charge in [0, 0.05) is 37.4 Å². The molecule has 1 N–H and O–H groups in total. The van der Waals surface area contributed by atoms with Crippen molar-refractivity contribution in [3.05, 3.63) is 82.3 Å². The topological polar surface area (TPSA) is 104 Å². The summed E-state index contributed by atoms with van der Waals surface area (Å²) in [6.07, 6.45) is 4.92. The normalized spacial score (nSPS) is 17.1. The highest BCUT2D eigenvalue weighted by Crippen LogP contribution is 2.47. The number of benzene rings is 1. The van der Waals surface area contributed by atoms with Gasteiger partial charge in [-0.2, -0.15) is 4.98 Å². The number of aromatic hydroxyl groups is 1. The van der Waals surface area contributed by atoms with E-state index in [0.29, 0.717) is 47.9 Å². The Hall–Kier alpha value is -4.60. The largest absolute Gasteiger partial charge is 0.507 e. The summed E-state index contributed by atoms with van der Waals surface area (Å²) in [5.41, 5.74) is 3.61. The molecule has 1 unspecified atom stereocenters. The number of hydrogen-bond acceptors (Lipinski definition) is 7. The maximum atomic E-state index is 14.5. The van der Waals surface area contributed by atoms with Crippen molar-refractivity contribution >= 4 is 22.8 Å². The molecule has 4 aromatic rings. The first kappa shape index (κ1) is 28.5. The van der Waals surface area contributed by atoms with E-state index in [9.17, 15) is 19.1 Å². The number of aromatic nitrogens is 4. The number of carbonyl (C=O) groups is 1. The second-order valence-electron chi connectivity index (χ2n) is 11.8. The Labute approximate surface area is 249 Å². The number of halogens is 1. The van der Waals surface area contributed by atoms with Crippen LogP contribution in [-0.2, 0) is 4.79 Å². The van der Waals surface area contributed by atoms with Gasteiger partial charge in [0.25, 0.3) is 0 Å². The van der Waals surface area contributed by atoms with E-state index in [4.69, 9.17) is 4.98 Å². The van der Waals surface area contributed by atoms with Gasteiger partial charge in [-0.3, -0.25) is 9.78 Å². The predicted octanol–water partition coefficient (Wildman–Crippen LogP) is 5.22. The molecule has 1 aromatic carbocycles. The van der Waals surface area contributed by atoms with Crippen LogP contribution in [0.5, 0.6) is 5.75 Å². The lowest BCUT2D eigenvalue weighted by molar-refractivity contribution is -0.126. The molecule has 1 saturated heterocycles. The minimum absolute atomic E-state index is 0.00416. The zero-order valence-electron chi connectivity index (χ0n) is 24.8. The molecule has 0 bridgehead atoms. The number of aryl methyl sites for hydroxylation is 1. The molecule has 2 aliphatic rings. The molecule has 1 saturated carbocycles. The van der Waals surface area contributed by atoms with Gasteiger partial charge in [0.2, 0.25) is 5.91 Å². The fourth-order valence-corrected chi connectivity index (χ4v) is 6.07. The van der Waals surface area contributed by atoms with Gasteiger partial charge in [-0.25, -0.2) is 18.7 Å². The summed E-state index contributed by atoms with van der Waals surface area (Å²) in [6.45, 7) is 12.9. The van der Waals surface area contributed by atoms with Crippen LogP contribution in [0, 0.1) is 12.7 Å². The highest BCUT2D eigenvalue weighted by Gasteiger charge is 2.33. The summed E-state index contributed by atoms with van der Waals surface area (Å²) < 4.78 is 16.0. The lowest BCUT2D eigenvalue weighted by Gasteiger charge is -2.40. The van der Waals surface area contributed by atoms with E-state index in [-0.39, 0.29) is 35.1 Å². The molecule has 3 aromatic heterocycles.